The van der Waals surface area contributed by atoms with Crippen LogP contribution in [0.2, 0.25) is 0 Å². The number of fused-ring (bicyclic) bond motifs is 1. The van der Waals surface area contributed by atoms with Crippen LogP contribution in [-0.4, -0.2) is 17.9 Å². The zero-order chi connectivity index (χ0) is 22.0. The number of benzene rings is 2. The highest BCUT2D eigenvalue weighted by Gasteiger charge is 2.39. The molecular weight excluding hydrogens is 388 g/mol. The van der Waals surface area contributed by atoms with Crippen LogP contribution in [0.4, 0.5) is 11.4 Å². The smallest absolute Gasteiger partial charge is 0.294 e. The summed E-state index contributed by atoms with van der Waals surface area (Å²) in [4.78, 5) is 30.5. The van der Waals surface area contributed by atoms with Gasteiger partial charge in [-0.2, -0.15) is 0 Å². The summed E-state index contributed by atoms with van der Waals surface area (Å²) in [7, 11) is 0. The van der Waals surface area contributed by atoms with Crippen molar-refractivity contribution in [2.75, 3.05) is 9.80 Å². The van der Waals surface area contributed by atoms with Crippen LogP contribution in [0.25, 0.3) is 0 Å². The molecule has 5 heteroatoms. The predicted molar refractivity (Wildman–Crippen MR) is 122 cm³/mol. The minimum Gasteiger partial charge on any atom is -0.459 e. The van der Waals surface area contributed by atoms with Gasteiger partial charge in [0.1, 0.15) is 0 Å². The lowest BCUT2D eigenvalue weighted by atomic mass is 9.89. The molecule has 1 aliphatic rings. The van der Waals surface area contributed by atoms with Crippen molar-refractivity contribution in [2.24, 2.45) is 5.92 Å². The van der Waals surface area contributed by atoms with Gasteiger partial charge in [0.25, 0.3) is 5.91 Å². The van der Waals surface area contributed by atoms with Gasteiger partial charge in [0.2, 0.25) is 5.91 Å². The number of nitrogens with zero attached hydrogens (tertiary/aromatic N) is 2. The fraction of sp³-hybridized carbons (Fsp3) is 0.308. The molecule has 3 atom stereocenters. The van der Waals surface area contributed by atoms with E-state index in [1.165, 1.54) is 6.26 Å². The molecule has 0 radical (unpaired) electrons. The number of hydrogen-bond donors (Lipinski definition) is 0. The van der Waals surface area contributed by atoms with Gasteiger partial charge in [-0.25, -0.2) is 0 Å². The second-order valence-electron chi connectivity index (χ2n) is 8.16. The number of furan rings is 1. The predicted octanol–water partition coefficient (Wildman–Crippen LogP) is 5.84. The van der Waals surface area contributed by atoms with Gasteiger partial charge in [0, 0.05) is 23.3 Å². The van der Waals surface area contributed by atoms with Crippen LogP contribution in [0.1, 0.15) is 55.8 Å². The molecule has 5 nitrogen and oxygen atoms in total. The molecule has 0 saturated heterocycles. The Kier molecular flexibility index (Phi) is 5.94. The van der Waals surface area contributed by atoms with E-state index in [4.69, 9.17) is 4.42 Å². The van der Waals surface area contributed by atoms with Crippen LogP contribution in [0, 0.1) is 5.92 Å². The zero-order valence-electron chi connectivity index (χ0n) is 18.2. The maximum absolute atomic E-state index is 13.5. The highest BCUT2D eigenvalue weighted by molar-refractivity contribution is 6.06. The van der Waals surface area contributed by atoms with Gasteiger partial charge in [-0.1, -0.05) is 50.2 Å². The van der Waals surface area contributed by atoms with Gasteiger partial charge in [-0.15, -0.1) is 0 Å². The van der Waals surface area contributed by atoms with Gasteiger partial charge in [0.15, 0.2) is 5.76 Å². The van der Waals surface area contributed by atoms with Crippen LogP contribution >= 0.6 is 0 Å². The van der Waals surface area contributed by atoms with Gasteiger partial charge in [-0.3, -0.25) is 9.59 Å². The molecule has 3 aromatic rings. The van der Waals surface area contributed by atoms with Crippen LogP contribution in [-0.2, 0) is 4.79 Å². The molecule has 0 aliphatic carbocycles. The zero-order valence-corrected chi connectivity index (χ0v) is 18.2. The average Bonchev–Trinajstić information content (AvgIpc) is 3.34. The van der Waals surface area contributed by atoms with Crippen molar-refractivity contribution in [3.8, 4) is 0 Å². The van der Waals surface area contributed by atoms with Crippen molar-refractivity contribution in [3.05, 3.63) is 84.3 Å². The van der Waals surface area contributed by atoms with E-state index in [9.17, 15) is 9.59 Å². The minimum absolute atomic E-state index is 0.0922. The SMILES string of the molecule is CC[C@H](C)C(=O)N(c1ccccc1)[C@@H]1C[C@H](C)N(C(=O)c2ccco2)c2ccccc21. The molecule has 1 aromatic heterocycles. The summed E-state index contributed by atoms with van der Waals surface area (Å²) in [5.41, 5.74) is 2.68. The first-order valence-corrected chi connectivity index (χ1v) is 10.9. The van der Waals surface area contributed by atoms with Crippen LogP contribution in [0.3, 0.4) is 0 Å². The van der Waals surface area contributed by atoms with Crippen molar-refractivity contribution in [3.63, 3.8) is 0 Å². The van der Waals surface area contributed by atoms with Crippen LogP contribution < -0.4 is 9.80 Å². The summed E-state index contributed by atoms with van der Waals surface area (Å²) >= 11 is 0. The van der Waals surface area contributed by atoms with Crippen molar-refractivity contribution >= 4 is 23.2 Å². The monoisotopic (exact) mass is 416 g/mol. The molecule has 4 rings (SSSR count). The number of anilines is 2. The molecule has 2 amide bonds. The Labute approximate surface area is 183 Å². The van der Waals surface area contributed by atoms with E-state index in [0.29, 0.717) is 12.2 Å². The molecule has 160 valence electrons. The largest absolute Gasteiger partial charge is 0.459 e. The molecule has 0 bridgehead atoms. The van der Waals surface area contributed by atoms with Crippen molar-refractivity contribution in [1.29, 1.82) is 0 Å². The Hall–Kier alpha value is -3.34. The number of hydrogen-bond acceptors (Lipinski definition) is 3. The highest BCUT2D eigenvalue weighted by Crippen LogP contribution is 2.43. The molecule has 31 heavy (non-hydrogen) atoms. The number of para-hydroxylation sites is 2. The normalized spacial score (nSPS) is 18.9. The van der Waals surface area contributed by atoms with Crippen LogP contribution in [0.5, 0.6) is 0 Å². The van der Waals surface area contributed by atoms with E-state index < -0.39 is 0 Å². The van der Waals surface area contributed by atoms with E-state index in [0.717, 1.165) is 23.4 Å². The lowest BCUT2D eigenvalue weighted by molar-refractivity contribution is -0.122. The summed E-state index contributed by atoms with van der Waals surface area (Å²) in [6.07, 6.45) is 2.92. The molecule has 2 aromatic carbocycles. The highest BCUT2D eigenvalue weighted by atomic mass is 16.3. The third kappa shape index (κ3) is 3.88. The summed E-state index contributed by atoms with van der Waals surface area (Å²) < 4.78 is 5.38. The summed E-state index contributed by atoms with van der Waals surface area (Å²) in [6, 6.07) is 20.8. The van der Waals surface area contributed by atoms with Crippen LogP contribution in [0.15, 0.2) is 77.4 Å². The fourth-order valence-electron chi connectivity index (χ4n) is 4.32. The molecule has 2 heterocycles. The van der Waals surface area contributed by atoms with E-state index >= 15 is 0 Å². The van der Waals surface area contributed by atoms with Crippen molar-refractivity contribution in [2.45, 2.75) is 45.7 Å². The lowest BCUT2D eigenvalue weighted by Gasteiger charge is -2.44. The summed E-state index contributed by atoms with van der Waals surface area (Å²) in [5, 5.41) is 0. The lowest BCUT2D eigenvalue weighted by Crippen LogP contribution is -2.48. The Morgan fingerprint density at radius 2 is 1.77 bits per heavy atom. The van der Waals surface area contributed by atoms with E-state index in [2.05, 4.69) is 0 Å². The Morgan fingerprint density at radius 1 is 1.06 bits per heavy atom. The minimum atomic E-state index is -0.164. The van der Waals surface area contributed by atoms with Gasteiger partial charge in [-0.05, 0) is 55.7 Å². The van der Waals surface area contributed by atoms with E-state index in [1.54, 1.807) is 17.0 Å². The maximum Gasteiger partial charge on any atom is 0.294 e. The molecule has 0 N–H and O–H groups in total. The molecule has 0 spiro atoms. The Morgan fingerprint density at radius 3 is 2.45 bits per heavy atom. The molecule has 1 aliphatic heterocycles. The quantitative estimate of drug-likeness (QED) is 0.525. The summed E-state index contributed by atoms with van der Waals surface area (Å²) in [5.74, 6) is 0.163. The van der Waals surface area contributed by atoms with Gasteiger partial charge in [0.05, 0.1) is 12.3 Å². The second kappa shape index (κ2) is 8.80. The molecule has 0 saturated carbocycles. The van der Waals surface area contributed by atoms with Gasteiger partial charge >= 0.3 is 0 Å². The Balaban J connectivity index is 1.81. The van der Waals surface area contributed by atoms with E-state index in [-0.39, 0.29) is 29.8 Å². The topological polar surface area (TPSA) is 53.8 Å². The third-order valence-corrected chi connectivity index (χ3v) is 6.13. The number of rotatable bonds is 5. The Bertz CT molecular complexity index is 1050. The standard InChI is InChI=1S/C26H28N2O3/c1-4-18(2)25(29)28(20-11-6-5-7-12-20)23-17-19(3)27(22-14-9-8-13-21(22)23)26(30)24-15-10-16-31-24/h5-16,18-19,23H,4,17H2,1-3H3/t18-,19-,23+/m0/s1. The average molecular weight is 417 g/mol. The fourth-order valence-corrected chi connectivity index (χ4v) is 4.32. The first-order chi connectivity index (χ1) is 15.0. The molecule has 0 fully saturated rings. The summed E-state index contributed by atoms with van der Waals surface area (Å²) in [6.45, 7) is 6.04. The van der Waals surface area contributed by atoms with E-state index in [1.807, 2.05) is 80.3 Å². The van der Waals surface area contributed by atoms with Crippen molar-refractivity contribution < 1.29 is 14.0 Å². The number of amides is 2. The maximum atomic E-state index is 13.5. The second-order valence-corrected chi connectivity index (χ2v) is 8.16. The first-order valence-electron chi connectivity index (χ1n) is 10.9. The molecule has 0 unspecified atom stereocenters. The first kappa shape index (κ1) is 20.9. The number of carbonyl (C=O) groups is 2. The number of carbonyl (C=O) groups excluding carboxylic acids is 2. The third-order valence-electron chi connectivity index (χ3n) is 6.13. The van der Waals surface area contributed by atoms with Crippen molar-refractivity contribution in [1.82, 2.24) is 0 Å². The molecular formula is C26H28N2O3. The van der Waals surface area contributed by atoms with Gasteiger partial charge < -0.3 is 14.2 Å².